The molecule has 0 radical (unpaired) electrons. The van der Waals surface area contributed by atoms with Gasteiger partial charge in [-0.1, -0.05) is 5.21 Å². The molecule has 0 spiro atoms. The summed E-state index contributed by atoms with van der Waals surface area (Å²) in [5.41, 5.74) is 1.80. The van der Waals surface area contributed by atoms with Crippen molar-refractivity contribution in [3.8, 4) is 0 Å². The highest BCUT2D eigenvalue weighted by Gasteiger charge is 2.32. The van der Waals surface area contributed by atoms with Gasteiger partial charge in [0.1, 0.15) is 5.03 Å². The molecule has 3 heterocycles. The van der Waals surface area contributed by atoms with E-state index in [0.717, 1.165) is 23.7 Å². The molecule has 1 unspecified atom stereocenters. The summed E-state index contributed by atoms with van der Waals surface area (Å²) in [6.07, 6.45) is 9.12. The second-order valence-electron chi connectivity index (χ2n) is 6.15. The molecule has 1 atom stereocenters. The zero-order valence-electron chi connectivity index (χ0n) is 13.1. The normalized spacial score (nSPS) is 20.9. The van der Waals surface area contributed by atoms with E-state index in [2.05, 4.69) is 21.5 Å². The highest BCUT2D eigenvalue weighted by molar-refractivity contribution is 7.98. The number of amides is 1. The van der Waals surface area contributed by atoms with Crippen LogP contribution in [0.3, 0.4) is 0 Å². The predicted octanol–water partition coefficient (Wildman–Crippen LogP) is 2.36. The molecule has 1 saturated heterocycles. The molecule has 1 saturated carbocycles. The highest BCUT2D eigenvalue weighted by atomic mass is 32.2. The predicted molar refractivity (Wildman–Crippen MR) is 87.6 cm³/mol. The molecular formula is C16H19N5OS. The summed E-state index contributed by atoms with van der Waals surface area (Å²) >= 11 is 1.51. The van der Waals surface area contributed by atoms with E-state index in [-0.39, 0.29) is 11.9 Å². The van der Waals surface area contributed by atoms with Crippen molar-refractivity contribution in [1.29, 1.82) is 0 Å². The van der Waals surface area contributed by atoms with Gasteiger partial charge in [0.15, 0.2) is 0 Å². The summed E-state index contributed by atoms with van der Waals surface area (Å²) in [5.74, 6) is 0.676. The number of thioether (sulfide) groups is 1. The maximum Gasteiger partial charge on any atom is 0.256 e. The second kappa shape index (κ2) is 5.96. The largest absolute Gasteiger partial charge is 0.336 e. The van der Waals surface area contributed by atoms with Gasteiger partial charge in [-0.25, -0.2) is 9.67 Å². The number of hydrogen-bond donors (Lipinski definition) is 0. The molecule has 1 aliphatic carbocycles. The third-order valence-electron chi connectivity index (χ3n) is 4.54. The Kier molecular flexibility index (Phi) is 3.80. The highest BCUT2D eigenvalue weighted by Crippen LogP contribution is 2.39. The Hall–Kier alpha value is -1.89. The van der Waals surface area contributed by atoms with Crippen molar-refractivity contribution < 1.29 is 4.79 Å². The molecule has 1 amide bonds. The second-order valence-corrected chi connectivity index (χ2v) is 6.95. The maximum atomic E-state index is 12.8. The fourth-order valence-electron chi connectivity index (χ4n) is 3.06. The summed E-state index contributed by atoms with van der Waals surface area (Å²) in [5, 5.41) is 9.34. The standard InChI is InChI=1S/C16H19N5OS/c1-23-15-13(3-2-7-17-15)16(22)20-8-6-12(9-20)21-10-14(18-19-21)11-4-5-11/h2-3,7,10-12H,4-6,8-9H2,1H3. The number of pyridine rings is 1. The molecule has 1 aliphatic heterocycles. The third kappa shape index (κ3) is 2.85. The van der Waals surface area contributed by atoms with E-state index in [1.54, 1.807) is 6.20 Å². The fourth-order valence-corrected chi connectivity index (χ4v) is 3.61. The number of aromatic nitrogens is 4. The number of carbonyl (C=O) groups is 1. The Morgan fingerprint density at radius 1 is 1.35 bits per heavy atom. The minimum atomic E-state index is 0.0625. The first-order valence-electron chi connectivity index (χ1n) is 7.96. The average Bonchev–Trinajstić information content (AvgIpc) is 3.13. The summed E-state index contributed by atoms with van der Waals surface area (Å²) < 4.78 is 1.94. The maximum absolute atomic E-state index is 12.8. The molecule has 23 heavy (non-hydrogen) atoms. The number of hydrogen-bond acceptors (Lipinski definition) is 5. The molecule has 2 aliphatic rings. The van der Waals surface area contributed by atoms with E-state index in [4.69, 9.17) is 0 Å². The molecule has 6 nitrogen and oxygen atoms in total. The van der Waals surface area contributed by atoms with Gasteiger partial charge < -0.3 is 4.90 Å². The van der Waals surface area contributed by atoms with Crippen molar-refractivity contribution in [1.82, 2.24) is 24.9 Å². The van der Waals surface area contributed by atoms with Crippen molar-refractivity contribution in [3.05, 3.63) is 35.8 Å². The van der Waals surface area contributed by atoms with E-state index in [0.29, 0.717) is 18.0 Å². The summed E-state index contributed by atoms with van der Waals surface area (Å²) in [4.78, 5) is 18.9. The summed E-state index contributed by atoms with van der Waals surface area (Å²) in [6, 6.07) is 3.91. The average molecular weight is 329 g/mol. The van der Waals surface area contributed by atoms with Crippen molar-refractivity contribution in [2.24, 2.45) is 0 Å². The van der Waals surface area contributed by atoms with Crippen LogP contribution in [-0.4, -0.2) is 50.1 Å². The van der Waals surface area contributed by atoms with Crippen molar-refractivity contribution in [2.75, 3.05) is 19.3 Å². The van der Waals surface area contributed by atoms with Gasteiger partial charge in [-0.05, 0) is 37.7 Å². The van der Waals surface area contributed by atoms with E-state index in [1.807, 2.05) is 28.0 Å². The van der Waals surface area contributed by atoms with Crippen LogP contribution in [0.15, 0.2) is 29.6 Å². The van der Waals surface area contributed by atoms with E-state index < -0.39 is 0 Å². The number of likely N-dealkylation sites (tertiary alicyclic amines) is 1. The van der Waals surface area contributed by atoms with Crippen molar-refractivity contribution >= 4 is 17.7 Å². The third-order valence-corrected chi connectivity index (χ3v) is 5.26. The molecule has 120 valence electrons. The van der Waals surface area contributed by atoms with Crippen LogP contribution in [0.1, 0.15) is 47.3 Å². The first-order valence-corrected chi connectivity index (χ1v) is 9.18. The Morgan fingerprint density at radius 3 is 3.00 bits per heavy atom. The van der Waals surface area contributed by atoms with E-state index in [1.165, 1.54) is 24.6 Å². The Bertz CT molecular complexity index is 727. The Labute approximate surface area is 139 Å². The fraction of sp³-hybridized carbons (Fsp3) is 0.500. The van der Waals surface area contributed by atoms with Gasteiger partial charge in [0, 0.05) is 31.4 Å². The lowest BCUT2D eigenvalue weighted by Gasteiger charge is -2.17. The van der Waals surface area contributed by atoms with Gasteiger partial charge in [-0.3, -0.25) is 4.79 Å². The van der Waals surface area contributed by atoms with Crippen LogP contribution in [0.2, 0.25) is 0 Å². The van der Waals surface area contributed by atoms with Crippen molar-refractivity contribution in [3.63, 3.8) is 0 Å². The monoisotopic (exact) mass is 329 g/mol. The van der Waals surface area contributed by atoms with Gasteiger partial charge in [-0.2, -0.15) is 0 Å². The minimum absolute atomic E-state index is 0.0625. The molecule has 2 fully saturated rings. The van der Waals surface area contributed by atoms with Crippen LogP contribution in [0.25, 0.3) is 0 Å². The zero-order chi connectivity index (χ0) is 15.8. The van der Waals surface area contributed by atoms with Crippen LogP contribution in [0.4, 0.5) is 0 Å². The summed E-state index contributed by atoms with van der Waals surface area (Å²) in [6.45, 7) is 1.44. The van der Waals surface area contributed by atoms with Crippen LogP contribution in [0.5, 0.6) is 0 Å². The van der Waals surface area contributed by atoms with Crippen LogP contribution in [0, 0.1) is 0 Å². The molecule has 4 rings (SSSR count). The molecule has 7 heteroatoms. The molecule has 0 bridgehead atoms. The first-order chi connectivity index (χ1) is 11.3. The molecule has 0 aromatic carbocycles. The van der Waals surface area contributed by atoms with Crippen molar-refractivity contribution in [2.45, 2.75) is 36.2 Å². The van der Waals surface area contributed by atoms with E-state index in [9.17, 15) is 4.79 Å². The molecule has 2 aromatic heterocycles. The number of nitrogens with zero attached hydrogens (tertiary/aromatic N) is 5. The van der Waals surface area contributed by atoms with Gasteiger partial charge in [0.05, 0.1) is 17.3 Å². The van der Waals surface area contributed by atoms with Crippen LogP contribution >= 0.6 is 11.8 Å². The van der Waals surface area contributed by atoms with Crippen LogP contribution < -0.4 is 0 Å². The molecule has 2 aromatic rings. The zero-order valence-corrected chi connectivity index (χ0v) is 13.9. The van der Waals surface area contributed by atoms with E-state index >= 15 is 0 Å². The van der Waals surface area contributed by atoms with Gasteiger partial charge in [-0.15, -0.1) is 16.9 Å². The summed E-state index contributed by atoms with van der Waals surface area (Å²) in [7, 11) is 0. The lowest BCUT2D eigenvalue weighted by atomic mass is 10.2. The quantitative estimate of drug-likeness (QED) is 0.806. The topological polar surface area (TPSA) is 63.9 Å². The number of carbonyl (C=O) groups excluding carboxylic acids is 1. The lowest BCUT2D eigenvalue weighted by molar-refractivity contribution is 0.0782. The Morgan fingerprint density at radius 2 is 2.22 bits per heavy atom. The van der Waals surface area contributed by atoms with Gasteiger partial charge >= 0.3 is 0 Å². The number of rotatable bonds is 4. The van der Waals surface area contributed by atoms with Crippen LogP contribution in [-0.2, 0) is 0 Å². The molecular weight excluding hydrogens is 310 g/mol. The SMILES string of the molecule is CSc1ncccc1C(=O)N1CCC(n2cc(C3CC3)nn2)C1. The Balaban J connectivity index is 1.47. The smallest absolute Gasteiger partial charge is 0.256 e. The first kappa shape index (κ1) is 14.7. The lowest BCUT2D eigenvalue weighted by Crippen LogP contribution is -2.29. The van der Waals surface area contributed by atoms with Gasteiger partial charge in [0.25, 0.3) is 5.91 Å². The minimum Gasteiger partial charge on any atom is -0.336 e. The molecule has 0 N–H and O–H groups in total. The van der Waals surface area contributed by atoms with Gasteiger partial charge in [0.2, 0.25) is 0 Å².